The molecule has 0 aliphatic heterocycles. The van der Waals surface area contributed by atoms with E-state index < -0.39 is 0 Å². The van der Waals surface area contributed by atoms with Crippen LogP contribution in [0.3, 0.4) is 0 Å². The number of fused-ring (bicyclic) bond motifs is 1. The van der Waals surface area contributed by atoms with E-state index in [1.54, 1.807) is 36.7 Å². The van der Waals surface area contributed by atoms with Gasteiger partial charge in [-0.3, -0.25) is 19.6 Å². The van der Waals surface area contributed by atoms with E-state index in [1.807, 2.05) is 31.2 Å². The summed E-state index contributed by atoms with van der Waals surface area (Å²) in [5.74, 6) is -0.338. The molecular formula is C21H17N5O2. The first kappa shape index (κ1) is 17.5. The molecule has 1 N–H and O–H groups in total. The molecule has 3 aromatic heterocycles. The van der Waals surface area contributed by atoms with Gasteiger partial charge in [-0.1, -0.05) is 6.07 Å². The topological polar surface area (TPSA) is 89.8 Å². The van der Waals surface area contributed by atoms with Crippen LogP contribution in [0.5, 0.6) is 0 Å². The van der Waals surface area contributed by atoms with Gasteiger partial charge in [-0.15, -0.1) is 0 Å². The van der Waals surface area contributed by atoms with E-state index >= 15 is 0 Å². The van der Waals surface area contributed by atoms with Gasteiger partial charge in [-0.2, -0.15) is 5.10 Å². The van der Waals surface area contributed by atoms with Crippen molar-refractivity contribution in [3.8, 4) is 11.3 Å². The molecule has 0 bridgehead atoms. The lowest BCUT2D eigenvalue weighted by Gasteiger charge is -2.10. The lowest BCUT2D eigenvalue weighted by molar-refractivity contribution is -0.117. The summed E-state index contributed by atoms with van der Waals surface area (Å²) in [5, 5.41) is 7.99. The number of nitrogens with zero attached hydrogens (tertiary/aromatic N) is 4. The predicted octanol–water partition coefficient (Wildman–Crippen LogP) is 2.80. The fourth-order valence-electron chi connectivity index (χ4n) is 2.93. The second kappa shape index (κ2) is 7.40. The Hall–Kier alpha value is -3.87. The molecule has 1 amide bonds. The van der Waals surface area contributed by atoms with Crippen LogP contribution in [-0.2, 0) is 11.3 Å². The van der Waals surface area contributed by atoms with E-state index in [2.05, 4.69) is 20.4 Å². The minimum Gasteiger partial charge on any atom is -0.324 e. The minimum atomic E-state index is -0.344. The second-order valence-corrected chi connectivity index (χ2v) is 6.32. The van der Waals surface area contributed by atoms with Crippen LogP contribution in [0.15, 0.2) is 71.8 Å². The van der Waals surface area contributed by atoms with Crippen LogP contribution < -0.4 is 10.9 Å². The van der Waals surface area contributed by atoms with Gasteiger partial charge < -0.3 is 5.32 Å². The molecule has 4 aromatic rings. The van der Waals surface area contributed by atoms with Gasteiger partial charge >= 0.3 is 0 Å². The maximum atomic E-state index is 12.6. The van der Waals surface area contributed by atoms with Gasteiger partial charge in [0.2, 0.25) is 5.91 Å². The molecule has 0 unspecified atom stereocenters. The molecule has 0 spiro atoms. The molecule has 0 fully saturated rings. The molecule has 7 heteroatoms. The number of amides is 1. The summed E-state index contributed by atoms with van der Waals surface area (Å²) in [6.45, 7) is 1.73. The molecule has 138 valence electrons. The number of nitrogens with one attached hydrogen (secondary N) is 1. The molecule has 0 atom stereocenters. The van der Waals surface area contributed by atoms with Crippen LogP contribution in [0.1, 0.15) is 5.69 Å². The highest BCUT2D eigenvalue weighted by molar-refractivity contribution is 6.00. The number of pyridine rings is 2. The van der Waals surface area contributed by atoms with Crippen molar-refractivity contribution in [3.63, 3.8) is 0 Å². The first-order valence-corrected chi connectivity index (χ1v) is 8.75. The quantitative estimate of drug-likeness (QED) is 0.596. The molecule has 4 rings (SSSR count). The van der Waals surface area contributed by atoms with Crippen LogP contribution >= 0.6 is 0 Å². The third-order valence-electron chi connectivity index (χ3n) is 4.28. The molecule has 0 radical (unpaired) electrons. The van der Waals surface area contributed by atoms with E-state index in [4.69, 9.17) is 0 Å². The zero-order valence-electron chi connectivity index (χ0n) is 15.2. The van der Waals surface area contributed by atoms with Crippen LogP contribution in [0.4, 0.5) is 5.69 Å². The van der Waals surface area contributed by atoms with E-state index in [9.17, 15) is 9.59 Å². The van der Waals surface area contributed by atoms with Gasteiger partial charge in [-0.05, 0) is 49.4 Å². The fraction of sp³-hybridized carbons (Fsp3) is 0.0952. The SMILES string of the molecule is Cc1ccc2c(NC(=O)Cn3nc(-c4ccncc4)ccc3=O)cccc2n1. The predicted molar refractivity (Wildman–Crippen MR) is 107 cm³/mol. The number of hydrogen-bond donors (Lipinski definition) is 1. The summed E-state index contributed by atoms with van der Waals surface area (Å²) in [4.78, 5) is 33.1. The Bertz CT molecular complexity index is 1220. The lowest BCUT2D eigenvalue weighted by atomic mass is 10.1. The summed E-state index contributed by atoms with van der Waals surface area (Å²) in [6, 6.07) is 16.0. The molecule has 0 saturated heterocycles. The van der Waals surface area contributed by atoms with E-state index in [0.29, 0.717) is 11.4 Å². The molecule has 7 nitrogen and oxygen atoms in total. The number of carbonyl (C=O) groups excluding carboxylic acids is 1. The number of anilines is 1. The number of benzene rings is 1. The third kappa shape index (κ3) is 3.64. The van der Waals surface area contributed by atoms with Gasteiger partial charge in [0.05, 0.1) is 16.9 Å². The Morgan fingerprint density at radius 2 is 1.86 bits per heavy atom. The fourth-order valence-corrected chi connectivity index (χ4v) is 2.93. The van der Waals surface area contributed by atoms with E-state index in [1.165, 1.54) is 6.07 Å². The zero-order chi connectivity index (χ0) is 19.5. The number of aryl methyl sites for hydroxylation is 1. The van der Waals surface area contributed by atoms with Crippen molar-refractivity contribution >= 4 is 22.5 Å². The first-order valence-electron chi connectivity index (χ1n) is 8.75. The van der Waals surface area contributed by atoms with E-state index in [-0.39, 0.29) is 18.0 Å². The van der Waals surface area contributed by atoms with Gasteiger partial charge in [0.25, 0.3) is 5.56 Å². The molecule has 0 saturated carbocycles. The van der Waals surface area contributed by atoms with Crippen LogP contribution in [0, 0.1) is 6.92 Å². The van der Waals surface area contributed by atoms with Gasteiger partial charge in [0.15, 0.2) is 0 Å². The molecule has 3 heterocycles. The van der Waals surface area contributed by atoms with Crippen molar-refractivity contribution in [1.82, 2.24) is 19.7 Å². The molecular weight excluding hydrogens is 354 g/mol. The van der Waals surface area contributed by atoms with Gasteiger partial charge in [0.1, 0.15) is 6.54 Å². The summed E-state index contributed by atoms with van der Waals surface area (Å²) in [6.07, 6.45) is 3.30. The second-order valence-electron chi connectivity index (χ2n) is 6.32. The number of carbonyl (C=O) groups is 1. The summed E-state index contributed by atoms with van der Waals surface area (Å²) >= 11 is 0. The molecule has 0 aliphatic rings. The Balaban J connectivity index is 1.59. The monoisotopic (exact) mass is 371 g/mol. The largest absolute Gasteiger partial charge is 0.324 e. The van der Waals surface area contributed by atoms with Crippen molar-refractivity contribution in [2.45, 2.75) is 13.5 Å². The van der Waals surface area contributed by atoms with Crippen molar-refractivity contribution in [2.24, 2.45) is 0 Å². The van der Waals surface area contributed by atoms with Gasteiger partial charge in [-0.25, -0.2) is 4.68 Å². The summed E-state index contributed by atoms with van der Waals surface area (Å²) in [7, 11) is 0. The minimum absolute atomic E-state index is 0.187. The van der Waals surface area contributed by atoms with Crippen molar-refractivity contribution in [2.75, 3.05) is 5.32 Å². The van der Waals surface area contributed by atoms with Crippen molar-refractivity contribution in [3.05, 3.63) is 83.0 Å². The molecule has 0 aliphatic carbocycles. The average molecular weight is 371 g/mol. The smallest absolute Gasteiger partial charge is 0.267 e. The van der Waals surface area contributed by atoms with E-state index in [0.717, 1.165) is 26.8 Å². The maximum absolute atomic E-state index is 12.6. The Kier molecular flexibility index (Phi) is 4.63. The summed E-state index contributed by atoms with van der Waals surface area (Å²) < 4.78 is 1.15. The molecule has 1 aromatic carbocycles. The normalized spacial score (nSPS) is 10.8. The highest BCUT2D eigenvalue weighted by Gasteiger charge is 2.10. The van der Waals surface area contributed by atoms with Crippen LogP contribution in [-0.4, -0.2) is 25.7 Å². The Morgan fingerprint density at radius 1 is 1.04 bits per heavy atom. The zero-order valence-corrected chi connectivity index (χ0v) is 15.2. The Labute approximate surface area is 160 Å². The number of aromatic nitrogens is 4. The Morgan fingerprint density at radius 3 is 2.68 bits per heavy atom. The highest BCUT2D eigenvalue weighted by Crippen LogP contribution is 2.22. The molecule has 28 heavy (non-hydrogen) atoms. The van der Waals surface area contributed by atoms with Crippen molar-refractivity contribution in [1.29, 1.82) is 0 Å². The van der Waals surface area contributed by atoms with Crippen LogP contribution in [0.25, 0.3) is 22.2 Å². The first-order chi connectivity index (χ1) is 13.6. The van der Waals surface area contributed by atoms with Crippen LogP contribution in [0.2, 0.25) is 0 Å². The summed E-state index contributed by atoms with van der Waals surface area (Å²) in [5.41, 5.74) is 3.42. The average Bonchev–Trinajstić information content (AvgIpc) is 2.70. The third-order valence-corrected chi connectivity index (χ3v) is 4.28. The lowest BCUT2D eigenvalue weighted by Crippen LogP contribution is -2.29. The standard InChI is InChI=1S/C21H17N5O2/c1-14-5-6-16-18(23-14)3-2-4-19(16)24-20(27)13-26-21(28)8-7-17(25-26)15-9-11-22-12-10-15/h2-12H,13H2,1H3,(H,24,27). The highest BCUT2D eigenvalue weighted by atomic mass is 16.2. The maximum Gasteiger partial charge on any atom is 0.267 e. The number of rotatable bonds is 4. The van der Waals surface area contributed by atoms with Crippen molar-refractivity contribution < 1.29 is 4.79 Å². The number of hydrogen-bond acceptors (Lipinski definition) is 5. The van der Waals surface area contributed by atoms with Gasteiger partial charge in [0, 0.05) is 35.1 Å².